The zero-order valence-corrected chi connectivity index (χ0v) is 11.5. The van der Waals surface area contributed by atoms with E-state index in [1.54, 1.807) is 0 Å². The first kappa shape index (κ1) is 13.5. The summed E-state index contributed by atoms with van der Waals surface area (Å²) in [6.45, 7) is 6.70. The maximum atomic E-state index is 11.6. The van der Waals surface area contributed by atoms with E-state index in [-0.39, 0.29) is 18.1 Å². The number of ether oxygens (including phenoxy) is 1. The topological polar surface area (TPSA) is 67.6 Å². The predicted molar refractivity (Wildman–Crippen MR) is 71.3 cm³/mol. The zero-order chi connectivity index (χ0) is 13.1. The van der Waals surface area contributed by atoms with Gasteiger partial charge in [-0.1, -0.05) is 0 Å². The molecular weight excluding hydrogens is 250 g/mol. The van der Waals surface area contributed by atoms with Crippen LogP contribution in [0, 0.1) is 0 Å². The molecular formula is C12H19N3O2S. The number of nitrogens with zero attached hydrogens (tertiary/aromatic N) is 1. The Bertz CT molecular complexity index is 411. The molecule has 5 nitrogen and oxygen atoms in total. The Morgan fingerprint density at radius 2 is 2.22 bits per heavy atom. The fourth-order valence-electron chi connectivity index (χ4n) is 2.38. The van der Waals surface area contributed by atoms with Crippen molar-refractivity contribution in [3.05, 3.63) is 21.9 Å². The minimum atomic E-state index is -0.214. The van der Waals surface area contributed by atoms with Crippen LogP contribution in [0.15, 0.2) is 11.4 Å². The van der Waals surface area contributed by atoms with Gasteiger partial charge < -0.3 is 4.74 Å². The molecule has 0 spiro atoms. The summed E-state index contributed by atoms with van der Waals surface area (Å²) >= 11 is 1.42. The Hall–Kier alpha value is -0.950. The van der Waals surface area contributed by atoms with Crippen LogP contribution in [0.2, 0.25) is 0 Å². The molecule has 0 unspecified atom stereocenters. The average Bonchev–Trinajstić information content (AvgIpc) is 2.74. The van der Waals surface area contributed by atoms with E-state index in [0.29, 0.717) is 4.88 Å². The maximum Gasteiger partial charge on any atom is 0.275 e. The van der Waals surface area contributed by atoms with Crippen LogP contribution in [-0.4, -0.2) is 36.1 Å². The lowest BCUT2D eigenvalue weighted by Crippen LogP contribution is -2.45. The van der Waals surface area contributed by atoms with Gasteiger partial charge in [0.25, 0.3) is 5.91 Å². The lowest BCUT2D eigenvalue weighted by atomic mass is 10.2. The van der Waals surface area contributed by atoms with Gasteiger partial charge in [-0.05, 0) is 30.9 Å². The first-order chi connectivity index (χ1) is 8.60. The molecule has 1 aliphatic heterocycles. The van der Waals surface area contributed by atoms with E-state index < -0.39 is 0 Å². The Labute approximate surface area is 111 Å². The molecule has 0 radical (unpaired) electrons. The highest BCUT2D eigenvalue weighted by molar-refractivity contribution is 7.12. The van der Waals surface area contributed by atoms with Gasteiger partial charge in [0.05, 0.1) is 17.1 Å². The molecule has 100 valence electrons. The van der Waals surface area contributed by atoms with Crippen LogP contribution in [-0.2, 0) is 11.3 Å². The third-order valence-corrected chi connectivity index (χ3v) is 3.93. The van der Waals surface area contributed by atoms with Crippen LogP contribution in [0.25, 0.3) is 0 Å². The number of morpholine rings is 1. The summed E-state index contributed by atoms with van der Waals surface area (Å²) < 4.78 is 5.70. The summed E-state index contributed by atoms with van der Waals surface area (Å²) in [4.78, 5) is 14.6. The second kappa shape index (κ2) is 5.79. The van der Waals surface area contributed by atoms with Crippen molar-refractivity contribution in [2.24, 2.45) is 5.84 Å². The maximum absolute atomic E-state index is 11.6. The van der Waals surface area contributed by atoms with Gasteiger partial charge in [-0.25, -0.2) is 5.84 Å². The molecule has 3 N–H and O–H groups in total. The molecule has 18 heavy (non-hydrogen) atoms. The number of nitrogen functional groups attached to an aromatic ring is 1. The minimum Gasteiger partial charge on any atom is -0.373 e. The second-order valence-corrected chi connectivity index (χ2v) is 5.62. The minimum absolute atomic E-state index is 0.214. The number of carbonyl (C=O) groups is 1. The highest BCUT2D eigenvalue weighted by Gasteiger charge is 2.23. The number of hydrogen-bond acceptors (Lipinski definition) is 5. The number of amides is 1. The van der Waals surface area contributed by atoms with Crippen molar-refractivity contribution in [1.82, 2.24) is 10.3 Å². The molecule has 2 atom stereocenters. The summed E-state index contributed by atoms with van der Waals surface area (Å²) in [5.74, 6) is 4.97. The first-order valence-corrected chi connectivity index (χ1v) is 6.93. The van der Waals surface area contributed by atoms with Crippen LogP contribution in [0.4, 0.5) is 0 Å². The zero-order valence-electron chi connectivity index (χ0n) is 10.7. The van der Waals surface area contributed by atoms with Crippen LogP contribution in [0.1, 0.15) is 29.1 Å². The quantitative estimate of drug-likeness (QED) is 0.487. The van der Waals surface area contributed by atoms with Gasteiger partial charge in [0, 0.05) is 19.6 Å². The smallest absolute Gasteiger partial charge is 0.275 e. The Morgan fingerprint density at radius 3 is 2.83 bits per heavy atom. The SMILES string of the molecule is C[C@@H]1CN(Cc2ccsc2C(=O)NN)C[C@H](C)O1. The van der Waals surface area contributed by atoms with E-state index in [1.165, 1.54) is 11.3 Å². The van der Waals surface area contributed by atoms with Crippen LogP contribution in [0.3, 0.4) is 0 Å². The molecule has 0 saturated carbocycles. The van der Waals surface area contributed by atoms with Crippen molar-refractivity contribution in [1.29, 1.82) is 0 Å². The van der Waals surface area contributed by atoms with Crippen molar-refractivity contribution in [3.8, 4) is 0 Å². The number of nitrogens with one attached hydrogen (secondary N) is 1. The Morgan fingerprint density at radius 1 is 1.56 bits per heavy atom. The lowest BCUT2D eigenvalue weighted by Gasteiger charge is -2.35. The summed E-state index contributed by atoms with van der Waals surface area (Å²) in [6.07, 6.45) is 0.471. The van der Waals surface area contributed by atoms with Crippen LogP contribution >= 0.6 is 11.3 Å². The molecule has 1 fully saturated rings. The van der Waals surface area contributed by atoms with Gasteiger partial charge in [-0.15, -0.1) is 11.3 Å². The monoisotopic (exact) mass is 269 g/mol. The fraction of sp³-hybridized carbons (Fsp3) is 0.583. The average molecular weight is 269 g/mol. The van der Waals surface area contributed by atoms with Crippen LogP contribution in [0.5, 0.6) is 0 Å². The molecule has 0 aromatic carbocycles. The van der Waals surface area contributed by atoms with Crippen molar-refractivity contribution >= 4 is 17.2 Å². The summed E-state index contributed by atoms with van der Waals surface area (Å²) in [7, 11) is 0. The largest absolute Gasteiger partial charge is 0.373 e. The van der Waals surface area contributed by atoms with E-state index in [9.17, 15) is 4.79 Å². The van der Waals surface area contributed by atoms with Gasteiger partial charge in [0.2, 0.25) is 0 Å². The number of hydrazine groups is 1. The van der Waals surface area contributed by atoms with Crippen molar-refractivity contribution in [2.75, 3.05) is 13.1 Å². The van der Waals surface area contributed by atoms with Gasteiger partial charge >= 0.3 is 0 Å². The Balaban J connectivity index is 2.05. The van der Waals surface area contributed by atoms with E-state index >= 15 is 0 Å². The van der Waals surface area contributed by atoms with E-state index in [4.69, 9.17) is 10.6 Å². The van der Waals surface area contributed by atoms with E-state index in [0.717, 1.165) is 25.2 Å². The van der Waals surface area contributed by atoms with E-state index in [2.05, 4.69) is 24.2 Å². The third-order valence-electron chi connectivity index (χ3n) is 2.97. The standard InChI is InChI=1S/C12H19N3O2S/c1-8-5-15(6-9(2)17-8)7-10-3-4-18-11(10)12(16)14-13/h3-4,8-9H,5-7,13H2,1-2H3,(H,14,16)/t8-,9+. The van der Waals surface area contributed by atoms with E-state index in [1.807, 2.05) is 11.4 Å². The molecule has 1 amide bonds. The molecule has 2 rings (SSSR count). The molecule has 2 heterocycles. The van der Waals surface area contributed by atoms with Crippen LogP contribution < -0.4 is 11.3 Å². The normalized spacial score (nSPS) is 25.1. The van der Waals surface area contributed by atoms with Gasteiger partial charge in [-0.2, -0.15) is 0 Å². The molecule has 0 aliphatic carbocycles. The highest BCUT2D eigenvalue weighted by Crippen LogP contribution is 2.20. The van der Waals surface area contributed by atoms with Gasteiger partial charge in [-0.3, -0.25) is 15.1 Å². The number of thiophene rings is 1. The molecule has 1 saturated heterocycles. The first-order valence-electron chi connectivity index (χ1n) is 6.05. The van der Waals surface area contributed by atoms with Crippen molar-refractivity contribution < 1.29 is 9.53 Å². The number of rotatable bonds is 3. The highest BCUT2D eigenvalue weighted by atomic mass is 32.1. The molecule has 1 aliphatic rings. The molecule has 1 aromatic rings. The van der Waals surface area contributed by atoms with Crippen molar-refractivity contribution in [2.45, 2.75) is 32.6 Å². The molecule has 0 bridgehead atoms. The van der Waals surface area contributed by atoms with Crippen molar-refractivity contribution in [3.63, 3.8) is 0 Å². The number of hydrogen-bond donors (Lipinski definition) is 2. The van der Waals surface area contributed by atoms with Gasteiger partial charge in [0.15, 0.2) is 0 Å². The summed E-state index contributed by atoms with van der Waals surface area (Å²) in [6, 6.07) is 1.99. The molecule has 1 aromatic heterocycles. The van der Waals surface area contributed by atoms with Gasteiger partial charge in [0.1, 0.15) is 0 Å². The number of nitrogens with two attached hydrogens (primary N) is 1. The predicted octanol–water partition coefficient (Wildman–Crippen LogP) is 0.961. The summed E-state index contributed by atoms with van der Waals surface area (Å²) in [5.41, 5.74) is 3.22. The lowest BCUT2D eigenvalue weighted by molar-refractivity contribution is -0.0704. The second-order valence-electron chi connectivity index (χ2n) is 4.70. The fourth-order valence-corrected chi connectivity index (χ4v) is 3.20. The number of carbonyl (C=O) groups excluding carboxylic acids is 1. The Kier molecular flexibility index (Phi) is 4.34. The summed E-state index contributed by atoms with van der Waals surface area (Å²) in [5, 5.41) is 1.92. The third kappa shape index (κ3) is 3.08. The molecule has 6 heteroatoms.